The van der Waals surface area contributed by atoms with Gasteiger partial charge >= 0.3 is 12.1 Å². The maximum absolute atomic E-state index is 13.3. The van der Waals surface area contributed by atoms with E-state index in [1.807, 2.05) is 18.2 Å². The van der Waals surface area contributed by atoms with Crippen LogP contribution in [0, 0.1) is 5.92 Å². The van der Waals surface area contributed by atoms with Gasteiger partial charge in [-0.05, 0) is 36.4 Å². The Morgan fingerprint density at radius 1 is 1.15 bits per heavy atom. The SMILES string of the molecule is C[C@@H]1C(C(F)(F)F)=NN(c2ccc(OC3CCN(c4ccccn4)CC3)cc2)[C@H]1CC(=O)O. The van der Waals surface area contributed by atoms with Gasteiger partial charge in [-0.1, -0.05) is 13.0 Å². The Morgan fingerprint density at radius 2 is 1.85 bits per heavy atom. The lowest BCUT2D eigenvalue weighted by atomic mass is 9.94. The molecule has 1 aromatic carbocycles. The summed E-state index contributed by atoms with van der Waals surface area (Å²) in [6.07, 6.45) is -1.63. The first-order valence-corrected chi connectivity index (χ1v) is 10.8. The van der Waals surface area contributed by atoms with Crippen molar-refractivity contribution in [2.75, 3.05) is 23.0 Å². The van der Waals surface area contributed by atoms with Gasteiger partial charge in [0, 0.05) is 38.0 Å². The molecule has 0 bridgehead atoms. The predicted octanol–water partition coefficient (Wildman–Crippen LogP) is 4.35. The fourth-order valence-electron chi connectivity index (χ4n) is 4.29. The summed E-state index contributed by atoms with van der Waals surface area (Å²) in [6, 6.07) is 11.5. The molecule has 10 heteroatoms. The van der Waals surface area contributed by atoms with Gasteiger partial charge in [0.1, 0.15) is 23.4 Å². The molecule has 0 amide bonds. The zero-order valence-electron chi connectivity index (χ0n) is 18.1. The second-order valence-electron chi connectivity index (χ2n) is 8.27. The molecule has 176 valence electrons. The largest absolute Gasteiger partial charge is 0.490 e. The molecule has 4 rings (SSSR count). The Labute approximate surface area is 189 Å². The molecule has 2 atom stereocenters. The van der Waals surface area contributed by atoms with E-state index < -0.39 is 36.2 Å². The Morgan fingerprint density at radius 3 is 2.42 bits per heavy atom. The third-order valence-electron chi connectivity index (χ3n) is 6.03. The number of ether oxygens (including phenoxy) is 1. The van der Waals surface area contributed by atoms with E-state index in [1.54, 1.807) is 30.5 Å². The topological polar surface area (TPSA) is 78.3 Å². The smallest absolute Gasteiger partial charge is 0.431 e. The van der Waals surface area contributed by atoms with E-state index in [9.17, 15) is 23.1 Å². The fourth-order valence-corrected chi connectivity index (χ4v) is 4.29. The molecular formula is C23H25F3N4O3. The highest BCUT2D eigenvalue weighted by molar-refractivity contribution is 5.95. The number of alkyl halides is 3. The monoisotopic (exact) mass is 462 g/mol. The first kappa shape index (κ1) is 22.9. The Kier molecular flexibility index (Phi) is 6.44. The van der Waals surface area contributed by atoms with E-state index in [1.165, 1.54) is 6.92 Å². The quantitative estimate of drug-likeness (QED) is 0.688. The summed E-state index contributed by atoms with van der Waals surface area (Å²) in [4.78, 5) is 17.8. The summed E-state index contributed by atoms with van der Waals surface area (Å²) in [6.45, 7) is 2.99. The van der Waals surface area contributed by atoms with Crippen molar-refractivity contribution >= 4 is 23.2 Å². The van der Waals surface area contributed by atoms with Crippen LogP contribution in [0.3, 0.4) is 0 Å². The normalized spacial score (nSPS) is 21.8. The first-order valence-electron chi connectivity index (χ1n) is 10.8. The maximum atomic E-state index is 13.3. The molecule has 1 saturated heterocycles. The lowest BCUT2D eigenvalue weighted by Gasteiger charge is -2.33. The molecule has 1 aromatic heterocycles. The molecule has 2 aromatic rings. The molecule has 33 heavy (non-hydrogen) atoms. The molecule has 0 radical (unpaired) electrons. The summed E-state index contributed by atoms with van der Waals surface area (Å²) in [5.41, 5.74) is -0.571. The summed E-state index contributed by atoms with van der Waals surface area (Å²) in [5.74, 6) is -0.680. The average molecular weight is 462 g/mol. The maximum Gasteiger partial charge on any atom is 0.431 e. The summed E-state index contributed by atoms with van der Waals surface area (Å²) < 4.78 is 46.1. The van der Waals surface area contributed by atoms with Crippen LogP contribution in [0.2, 0.25) is 0 Å². The summed E-state index contributed by atoms with van der Waals surface area (Å²) in [5, 5.41) is 14.1. The van der Waals surface area contributed by atoms with Crippen molar-refractivity contribution in [1.82, 2.24) is 4.98 Å². The third kappa shape index (κ3) is 5.20. The number of carboxylic acid groups (broad SMARTS) is 1. The number of rotatable bonds is 6. The number of aliphatic carboxylic acids is 1. The number of pyridine rings is 1. The van der Waals surface area contributed by atoms with Crippen LogP contribution in [-0.4, -0.2) is 53.2 Å². The Bertz CT molecular complexity index is 990. The van der Waals surface area contributed by atoms with Crippen molar-refractivity contribution in [3.05, 3.63) is 48.7 Å². The van der Waals surface area contributed by atoms with Crippen LogP contribution in [0.5, 0.6) is 5.75 Å². The Balaban J connectivity index is 1.41. The van der Waals surface area contributed by atoms with Crippen LogP contribution in [0.1, 0.15) is 26.2 Å². The summed E-state index contributed by atoms with van der Waals surface area (Å²) in [7, 11) is 0. The van der Waals surface area contributed by atoms with Crippen LogP contribution in [0.25, 0.3) is 0 Å². The number of halogens is 3. The van der Waals surface area contributed by atoms with Crippen molar-refractivity contribution < 1.29 is 27.8 Å². The minimum atomic E-state index is -4.61. The van der Waals surface area contributed by atoms with Crippen LogP contribution < -0.4 is 14.6 Å². The minimum Gasteiger partial charge on any atom is -0.490 e. The number of anilines is 2. The first-order chi connectivity index (χ1) is 15.7. The van der Waals surface area contributed by atoms with E-state index in [0.717, 1.165) is 36.8 Å². The van der Waals surface area contributed by atoms with E-state index in [2.05, 4.69) is 15.0 Å². The second kappa shape index (κ2) is 9.29. The molecule has 0 aliphatic carbocycles. The van der Waals surface area contributed by atoms with E-state index in [4.69, 9.17) is 4.74 Å². The average Bonchev–Trinajstić information content (AvgIpc) is 3.11. The molecule has 2 aliphatic heterocycles. The van der Waals surface area contributed by atoms with Crippen molar-refractivity contribution in [2.24, 2.45) is 11.0 Å². The minimum absolute atomic E-state index is 0.0252. The van der Waals surface area contributed by atoms with Gasteiger partial charge in [-0.15, -0.1) is 0 Å². The van der Waals surface area contributed by atoms with E-state index in [0.29, 0.717) is 11.4 Å². The molecule has 1 fully saturated rings. The molecule has 1 N–H and O–H groups in total. The van der Waals surface area contributed by atoms with Crippen LogP contribution in [0.4, 0.5) is 24.7 Å². The number of hydrogen-bond acceptors (Lipinski definition) is 6. The number of hydrogen-bond donors (Lipinski definition) is 1. The van der Waals surface area contributed by atoms with Crippen molar-refractivity contribution in [2.45, 2.75) is 44.5 Å². The highest BCUT2D eigenvalue weighted by Crippen LogP contribution is 2.37. The molecular weight excluding hydrogens is 437 g/mol. The number of carboxylic acids is 1. The van der Waals surface area contributed by atoms with Crippen LogP contribution in [0.15, 0.2) is 53.8 Å². The van der Waals surface area contributed by atoms with Gasteiger partial charge in [0.15, 0.2) is 0 Å². The highest BCUT2D eigenvalue weighted by Gasteiger charge is 2.48. The van der Waals surface area contributed by atoms with Gasteiger partial charge in [-0.3, -0.25) is 9.80 Å². The number of aromatic nitrogens is 1. The zero-order valence-corrected chi connectivity index (χ0v) is 18.1. The fraction of sp³-hybridized carbons (Fsp3) is 0.435. The highest BCUT2D eigenvalue weighted by atomic mass is 19.4. The van der Waals surface area contributed by atoms with Gasteiger partial charge in [-0.25, -0.2) is 4.98 Å². The lowest BCUT2D eigenvalue weighted by Crippen LogP contribution is -2.38. The van der Waals surface area contributed by atoms with Crippen molar-refractivity contribution in [3.8, 4) is 5.75 Å². The predicted molar refractivity (Wildman–Crippen MR) is 118 cm³/mol. The van der Waals surface area contributed by atoms with Gasteiger partial charge in [-0.2, -0.15) is 18.3 Å². The molecule has 7 nitrogen and oxygen atoms in total. The third-order valence-corrected chi connectivity index (χ3v) is 6.03. The number of piperidine rings is 1. The van der Waals surface area contributed by atoms with Gasteiger partial charge < -0.3 is 14.7 Å². The van der Waals surface area contributed by atoms with E-state index >= 15 is 0 Å². The van der Waals surface area contributed by atoms with Crippen molar-refractivity contribution in [3.63, 3.8) is 0 Å². The number of nitrogens with zero attached hydrogens (tertiary/aromatic N) is 4. The summed E-state index contributed by atoms with van der Waals surface area (Å²) >= 11 is 0. The van der Waals surface area contributed by atoms with E-state index in [-0.39, 0.29) is 6.10 Å². The number of benzene rings is 1. The van der Waals surface area contributed by atoms with Gasteiger partial charge in [0.2, 0.25) is 0 Å². The Hall–Kier alpha value is -3.30. The lowest BCUT2D eigenvalue weighted by molar-refractivity contribution is -0.137. The second-order valence-corrected chi connectivity index (χ2v) is 8.27. The standard InChI is InChI=1S/C23H25F3N4O3/c1-15-19(14-21(31)32)30(28-22(15)23(24,25)26)16-5-7-17(8-6-16)33-18-9-12-29(13-10-18)20-4-2-3-11-27-20/h2-8,11,15,18-19H,9-10,12-14H2,1H3,(H,31,32)/t15-,19-/m0/s1. The van der Waals surface area contributed by atoms with Crippen LogP contribution in [-0.2, 0) is 4.79 Å². The molecule has 0 saturated carbocycles. The van der Waals surface area contributed by atoms with Gasteiger partial charge in [0.25, 0.3) is 0 Å². The molecule has 0 spiro atoms. The molecule has 2 aliphatic rings. The zero-order chi connectivity index (χ0) is 23.6. The molecule has 0 unspecified atom stereocenters. The van der Waals surface area contributed by atoms with Gasteiger partial charge in [0.05, 0.1) is 18.2 Å². The van der Waals surface area contributed by atoms with Crippen molar-refractivity contribution in [1.29, 1.82) is 0 Å². The van der Waals surface area contributed by atoms with Crippen LogP contribution >= 0.6 is 0 Å². The number of carbonyl (C=O) groups is 1. The molecule has 3 heterocycles. The number of hydrazone groups is 1.